The van der Waals surface area contributed by atoms with E-state index in [4.69, 9.17) is 4.74 Å². The lowest BCUT2D eigenvalue weighted by Gasteiger charge is -2.35. The molecule has 3 heterocycles. The summed E-state index contributed by atoms with van der Waals surface area (Å²) < 4.78 is 5.94. The number of carbonyl (C=O) groups excluding carboxylic acids is 1. The molecule has 3 rings (SSSR count). The van der Waals surface area contributed by atoms with Crippen LogP contribution in [0.1, 0.15) is 25.0 Å². The Morgan fingerprint density at radius 3 is 2.90 bits per heavy atom. The van der Waals surface area contributed by atoms with Gasteiger partial charge in [-0.3, -0.25) is 4.79 Å². The van der Waals surface area contributed by atoms with E-state index in [-0.39, 0.29) is 18.1 Å². The molecular weight excluding hydrogens is 256 g/mol. The highest BCUT2D eigenvalue weighted by molar-refractivity contribution is 5.80. The molecular formula is C14H20N4O2. The van der Waals surface area contributed by atoms with Gasteiger partial charge >= 0.3 is 0 Å². The summed E-state index contributed by atoms with van der Waals surface area (Å²) in [6.07, 6.45) is 2.47. The van der Waals surface area contributed by atoms with E-state index in [2.05, 4.69) is 20.4 Å². The standard InChI is InChI=1S/C14H20N4O2/c1-9-3-6-13(17-16-9)18-8-7-11-10(18)4-5-12(20-11)14(19)15-2/h3,6,10-12H,4-5,7-8H2,1-2H3,(H,15,19)/t10-,11-,12-/m0/s1. The number of carbonyl (C=O) groups is 1. The molecule has 0 unspecified atom stereocenters. The van der Waals surface area contributed by atoms with Gasteiger partial charge in [-0.25, -0.2) is 0 Å². The highest BCUT2D eigenvalue weighted by atomic mass is 16.5. The maximum Gasteiger partial charge on any atom is 0.248 e. The van der Waals surface area contributed by atoms with Crippen LogP contribution in [0.3, 0.4) is 0 Å². The molecule has 2 aliphatic rings. The third kappa shape index (κ3) is 2.35. The number of amides is 1. The molecule has 1 aromatic heterocycles. The molecule has 0 radical (unpaired) electrons. The van der Waals surface area contributed by atoms with Crippen molar-refractivity contribution in [2.24, 2.45) is 0 Å². The van der Waals surface area contributed by atoms with Crippen molar-refractivity contribution in [1.29, 1.82) is 0 Å². The fourth-order valence-electron chi connectivity index (χ4n) is 3.11. The van der Waals surface area contributed by atoms with Crippen LogP contribution in [-0.2, 0) is 9.53 Å². The molecule has 1 amide bonds. The normalized spacial score (nSPS) is 29.1. The van der Waals surface area contributed by atoms with Crippen LogP contribution in [0, 0.1) is 6.92 Å². The Bertz CT molecular complexity index is 490. The first-order chi connectivity index (χ1) is 9.69. The van der Waals surface area contributed by atoms with E-state index in [1.807, 2.05) is 19.1 Å². The van der Waals surface area contributed by atoms with Crippen molar-refractivity contribution in [3.63, 3.8) is 0 Å². The van der Waals surface area contributed by atoms with Gasteiger partial charge in [0.15, 0.2) is 5.82 Å². The number of hydrogen-bond acceptors (Lipinski definition) is 5. The van der Waals surface area contributed by atoms with Crippen LogP contribution in [0.4, 0.5) is 5.82 Å². The first-order valence-electron chi connectivity index (χ1n) is 7.13. The zero-order valence-corrected chi connectivity index (χ0v) is 11.9. The van der Waals surface area contributed by atoms with Crippen molar-refractivity contribution in [2.45, 2.75) is 44.4 Å². The van der Waals surface area contributed by atoms with Gasteiger partial charge in [0.05, 0.1) is 17.8 Å². The quantitative estimate of drug-likeness (QED) is 0.859. The summed E-state index contributed by atoms with van der Waals surface area (Å²) in [5, 5.41) is 11.0. The summed E-state index contributed by atoms with van der Waals surface area (Å²) in [5.74, 6) is 0.891. The Morgan fingerprint density at radius 2 is 2.20 bits per heavy atom. The number of nitrogens with zero attached hydrogens (tertiary/aromatic N) is 3. The smallest absolute Gasteiger partial charge is 0.248 e. The molecule has 20 heavy (non-hydrogen) atoms. The monoisotopic (exact) mass is 276 g/mol. The first-order valence-corrected chi connectivity index (χ1v) is 7.13. The predicted octanol–water partition coefficient (Wildman–Crippen LogP) is 0.657. The van der Waals surface area contributed by atoms with Gasteiger partial charge in [0.25, 0.3) is 0 Å². The van der Waals surface area contributed by atoms with E-state index in [0.29, 0.717) is 6.04 Å². The molecule has 6 heteroatoms. The molecule has 0 spiro atoms. The Balaban J connectivity index is 1.71. The Morgan fingerprint density at radius 1 is 1.35 bits per heavy atom. The van der Waals surface area contributed by atoms with Crippen molar-refractivity contribution in [2.75, 3.05) is 18.5 Å². The van der Waals surface area contributed by atoms with Crippen LogP contribution < -0.4 is 10.2 Å². The molecule has 2 saturated heterocycles. The molecule has 0 bridgehead atoms. The highest BCUT2D eigenvalue weighted by Crippen LogP contribution is 2.33. The molecule has 0 aromatic carbocycles. The van der Waals surface area contributed by atoms with E-state index in [1.165, 1.54) is 0 Å². The molecule has 1 aromatic rings. The number of ether oxygens (including phenoxy) is 1. The van der Waals surface area contributed by atoms with Crippen molar-refractivity contribution < 1.29 is 9.53 Å². The van der Waals surface area contributed by atoms with Gasteiger partial charge in [0.1, 0.15) is 6.10 Å². The van der Waals surface area contributed by atoms with Gasteiger partial charge < -0.3 is 15.0 Å². The van der Waals surface area contributed by atoms with E-state index in [1.54, 1.807) is 7.05 Å². The van der Waals surface area contributed by atoms with Gasteiger partial charge in [0.2, 0.25) is 5.91 Å². The van der Waals surface area contributed by atoms with Crippen molar-refractivity contribution in [1.82, 2.24) is 15.5 Å². The number of nitrogens with one attached hydrogen (secondary N) is 1. The van der Waals surface area contributed by atoms with Gasteiger partial charge in [-0.1, -0.05) is 0 Å². The Hall–Kier alpha value is -1.69. The molecule has 2 aliphatic heterocycles. The number of hydrogen-bond donors (Lipinski definition) is 1. The molecule has 3 atom stereocenters. The minimum absolute atomic E-state index is 0.0166. The molecule has 1 N–H and O–H groups in total. The second-order valence-corrected chi connectivity index (χ2v) is 5.44. The fourth-order valence-corrected chi connectivity index (χ4v) is 3.11. The number of fused-ring (bicyclic) bond motifs is 1. The van der Waals surface area contributed by atoms with Gasteiger partial charge in [-0.05, 0) is 38.3 Å². The van der Waals surface area contributed by atoms with Gasteiger partial charge in [-0.15, -0.1) is 5.10 Å². The number of rotatable bonds is 2. The van der Waals surface area contributed by atoms with E-state index in [0.717, 1.165) is 37.3 Å². The predicted molar refractivity (Wildman–Crippen MR) is 74.5 cm³/mol. The van der Waals surface area contributed by atoms with Crippen LogP contribution in [0.2, 0.25) is 0 Å². The largest absolute Gasteiger partial charge is 0.363 e. The number of aromatic nitrogens is 2. The highest BCUT2D eigenvalue weighted by Gasteiger charge is 2.42. The topological polar surface area (TPSA) is 67.4 Å². The summed E-state index contributed by atoms with van der Waals surface area (Å²) in [5.41, 5.74) is 0.920. The fraction of sp³-hybridized carbons (Fsp3) is 0.643. The molecule has 0 saturated carbocycles. The number of likely N-dealkylation sites (N-methyl/N-ethyl adjacent to an activating group) is 1. The minimum Gasteiger partial charge on any atom is -0.363 e. The van der Waals surface area contributed by atoms with E-state index >= 15 is 0 Å². The van der Waals surface area contributed by atoms with Crippen LogP contribution in [0.15, 0.2) is 12.1 Å². The summed E-state index contributed by atoms with van der Waals surface area (Å²) >= 11 is 0. The maximum atomic E-state index is 11.7. The lowest BCUT2D eigenvalue weighted by atomic mass is 9.98. The minimum atomic E-state index is -0.301. The second-order valence-electron chi connectivity index (χ2n) is 5.44. The average molecular weight is 276 g/mol. The van der Waals surface area contributed by atoms with E-state index < -0.39 is 0 Å². The Kier molecular flexibility index (Phi) is 3.56. The summed E-state index contributed by atoms with van der Waals surface area (Å²) in [4.78, 5) is 13.9. The summed E-state index contributed by atoms with van der Waals surface area (Å²) in [6, 6.07) is 4.30. The lowest BCUT2D eigenvalue weighted by Crippen LogP contribution is -2.47. The zero-order chi connectivity index (χ0) is 14.1. The second kappa shape index (κ2) is 5.36. The van der Waals surface area contributed by atoms with Crippen molar-refractivity contribution in [3.05, 3.63) is 17.8 Å². The summed E-state index contributed by atoms with van der Waals surface area (Å²) in [7, 11) is 1.65. The SMILES string of the molecule is CNC(=O)[C@@H]1CC[C@H]2[C@H](CCN2c2ccc(C)nn2)O1. The number of anilines is 1. The van der Waals surface area contributed by atoms with Gasteiger partial charge in [0, 0.05) is 13.6 Å². The first kappa shape index (κ1) is 13.3. The van der Waals surface area contributed by atoms with Crippen LogP contribution in [0.5, 0.6) is 0 Å². The summed E-state index contributed by atoms with van der Waals surface area (Å²) in [6.45, 7) is 2.84. The molecule has 108 valence electrons. The van der Waals surface area contributed by atoms with Crippen molar-refractivity contribution in [3.8, 4) is 0 Å². The molecule has 0 aliphatic carbocycles. The molecule has 2 fully saturated rings. The number of aryl methyl sites for hydroxylation is 1. The lowest BCUT2D eigenvalue weighted by molar-refractivity contribution is -0.141. The maximum absolute atomic E-state index is 11.7. The third-order valence-corrected chi connectivity index (χ3v) is 4.16. The third-order valence-electron chi connectivity index (χ3n) is 4.16. The van der Waals surface area contributed by atoms with Crippen LogP contribution in [-0.4, -0.2) is 47.9 Å². The Labute approximate surface area is 118 Å². The van der Waals surface area contributed by atoms with E-state index in [9.17, 15) is 4.79 Å². The molecule has 6 nitrogen and oxygen atoms in total. The van der Waals surface area contributed by atoms with Crippen LogP contribution in [0.25, 0.3) is 0 Å². The van der Waals surface area contributed by atoms with Crippen molar-refractivity contribution >= 4 is 11.7 Å². The van der Waals surface area contributed by atoms with Gasteiger partial charge in [-0.2, -0.15) is 5.10 Å². The average Bonchev–Trinajstić information content (AvgIpc) is 2.90. The van der Waals surface area contributed by atoms with Crippen LogP contribution >= 0.6 is 0 Å². The zero-order valence-electron chi connectivity index (χ0n) is 11.9.